The fourth-order valence-corrected chi connectivity index (χ4v) is 1.92. The molecule has 0 aromatic heterocycles. The Bertz CT molecular complexity index is 198. The molecule has 0 heterocycles. The van der Waals surface area contributed by atoms with Crippen molar-refractivity contribution >= 4 is 0 Å². The van der Waals surface area contributed by atoms with Crippen LogP contribution in [-0.4, -0.2) is 32.2 Å². The van der Waals surface area contributed by atoms with E-state index in [2.05, 4.69) is 19.1 Å². The van der Waals surface area contributed by atoms with E-state index in [0.29, 0.717) is 13.2 Å². The van der Waals surface area contributed by atoms with Crippen molar-refractivity contribution in [2.24, 2.45) is 0 Å². The summed E-state index contributed by atoms with van der Waals surface area (Å²) in [5.74, 6) is 0. The third kappa shape index (κ3) is 11.2. The number of allylic oxidation sites excluding steroid dienone is 1. The summed E-state index contributed by atoms with van der Waals surface area (Å²) in [5.41, 5.74) is 0. The highest BCUT2D eigenvalue weighted by Crippen LogP contribution is 2.11. The van der Waals surface area contributed by atoms with Crippen molar-refractivity contribution in [3.63, 3.8) is 0 Å². The van der Waals surface area contributed by atoms with Gasteiger partial charge in [-0.05, 0) is 33.6 Å². The third-order valence-corrected chi connectivity index (χ3v) is 2.84. The molecule has 0 aliphatic heterocycles. The average Bonchev–Trinajstić information content (AvgIpc) is 2.39. The van der Waals surface area contributed by atoms with Gasteiger partial charge in [-0.2, -0.15) is 0 Å². The fourth-order valence-electron chi connectivity index (χ4n) is 1.92. The van der Waals surface area contributed by atoms with Gasteiger partial charge in [0.1, 0.15) is 0 Å². The number of rotatable bonds is 13. The molecule has 0 rings (SSSR count). The van der Waals surface area contributed by atoms with Crippen molar-refractivity contribution in [3.05, 3.63) is 12.2 Å². The summed E-state index contributed by atoms with van der Waals surface area (Å²) in [5, 5.41) is 0. The summed E-state index contributed by atoms with van der Waals surface area (Å²) < 4.78 is 16.9. The molecule has 3 heteroatoms. The van der Waals surface area contributed by atoms with E-state index in [0.717, 1.165) is 19.4 Å². The maximum Gasteiger partial charge on any atom is 0.160 e. The first-order chi connectivity index (χ1) is 9.28. The van der Waals surface area contributed by atoms with E-state index in [4.69, 9.17) is 14.2 Å². The van der Waals surface area contributed by atoms with Crippen LogP contribution in [0.3, 0.4) is 0 Å². The standard InChI is InChI=1S/C16H32O3/c1-5-9-10-11-12-13-15(17-6-2)14-16(18-7-3)19-8-4/h12-13,15-16H,5-11,14H2,1-4H3/b13-12+. The van der Waals surface area contributed by atoms with Crippen LogP contribution >= 0.6 is 0 Å². The second kappa shape index (κ2) is 14.0. The zero-order valence-corrected chi connectivity index (χ0v) is 13.2. The van der Waals surface area contributed by atoms with E-state index in [-0.39, 0.29) is 12.4 Å². The molecule has 0 aliphatic rings. The molecule has 0 radical (unpaired) electrons. The first-order valence-electron chi connectivity index (χ1n) is 7.79. The number of hydrogen-bond donors (Lipinski definition) is 0. The predicted octanol–water partition coefficient (Wildman–Crippen LogP) is 4.32. The summed E-state index contributed by atoms with van der Waals surface area (Å²) in [7, 11) is 0. The lowest BCUT2D eigenvalue weighted by Gasteiger charge is -2.21. The first kappa shape index (κ1) is 18.6. The molecule has 0 saturated heterocycles. The minimum Gasteiger partial charge on any atom is -0.374 e. The summed E-state index contributed by atoms with van der Waals surface area (Å²) in [6.45, 7) is 10.3. The Labute approximate surface area is 119 Å². The zero-order chi connectivity index (χ0) is 14.3. The number of unbranched alkanes of at least 4 members (excludes halogenated alkanes) is 3. The van der Waals surface area contributed by atoms with Crippen LogP contribution in [-0.2, 0) is 14.2 Å². The van der Waals surface area contributed by atoms with E-state index < -0.39 is 0 Å². The highest BCUT2D eigenvalue weighted by molar-refractivity contribution is 4.90. The second-order valence-electron chi connectivity index (χ2n) is 4.49. The lowest BCUT2D eigenvalue weighted by atomic mass is 10.1. The Balaban J connectivity index is 4.12. The van der Waals surface area contributed by atoms with Gasteiger partial charge in [-0.3, -0.25) is 0 Å². The normalized spacial score (nSPS) is 13.5. The number of hydrogen-bond acceptors (Lipinski definition) is 3. The lowest BCUT2D eigenvalue weighted by molar-refractivity contribution is -0.152. The van der Waals surface area contributed by atoms with Gasteiger partial charge in [0.05, 0.1) is 6.10 Å². The minimum atomic E-state index is -0.160. The molecule has 1 atom stereocenters. The van der Waals surface area contributed by atoms with E-state index in [1.165, 1.54) is 19.3 Å². The second-order valence-corrected chi connectivity index (χ2v) is 4.49. The first-order valence-corrected chi connectivity index (χ1v) is 7.79. The van der Waals surface area contributed by atoms with Crippen molar-refractivity contribution < 1.29 is 14.2 Å². The van der Waals surface area contributed by atoms with Crippen LogP contribution in [0, 0.1) is 0 Å². The van der Waals surface area contributed by atoms with Gasteiger partial charge in [0.2, 0.25) is 0 Å². The van der Waals surface area contributed by atoms with E-state index in [1.807, 2.05) is 20.8 Å². The van der Waals surface area contributed by atoms with Gasteiger partial charge < -0.3 is 14.2 Å². The van der Waals surface area contributed by atoms with Gasteiger partial charge in [0.15, 0.2) is 6.29 Å². The van der Waals surface area contributed by atoms with Gasteiger partial charge >= 0.3 is 0 Å². The summed E-state index contributed by atoms with van der Waals surface area (Å²) in [4.78, 5) is 0. The largest absolute Gasteiger partial charge is 0.374 e. The Morgan fingerprint density at radius 1 is 0.842 bits per heavy atom. The van der Waals surface area contributed by atoms with Crippen molar-refractivity contribution in [2.45, 2.75) is 72.2 Å². The molecule has 0 aromatic carbocycles. The molecule has 3 nitrogen and oxygen atoms in total. The van der Waals surface area contributed by atoms with Gasteiger partial charge in [0.25, 0.3) is 0 Å². The van der Waals surface area contributed by atoms with E-state index in [1.54, 1.807) is 0 Å². The SMILES string of the molecule is CCCCC/C=C/C(CC(OCC)OCC)OCC. The summed E-state index contributed by atoms with van der Waals surface area (Å²) in [6, 6.07) is 0. The molecule has 0 bridgehead atoms. The number of ether oxygens (including phenoxy) is 3. The molecule has 0 saturated carbocycles. The molecule has 19 heavy (non-hydrogen) atoms. The van der Waals surface area contributed by atoms with Gasteiger partial charge in [-0.25, -0.2) is 0 Å². The van der Waals surface area contributed by atoms with Gasteiger partial charge in [0, 0.05) is 26.2 Å². The van der Waals surface area contributed by atoms with Gasteiger partial charge in [-0.1, -0.05) is 31.9 Å². The van der Waals surface area contributed by atoms with Crippen LogP contribution in [0.5, 0.6) is 0 Å². The van der Waals surface area contributed by atoms with E-state index >= 15 is 0 Å². The van der Waals surface area contributed by atoms with Crippen LogP contribution in [0.15, 0.2) is 12.2 Å². The van der Waals surface area contributed by atoms with Gasteiger partial charge in [-0.15, -0.1) is 0 Å². The Hall–Kier alpha value is -0.380. The molecule has 0 aromatic rings. The maximum absolute atomic E-state index is 5.72. The summed E-state index contributed by atoms with van der Waals surface area (Å²) >= 11 is 0. The monoisotopic (exact) mass is 272 g/mol. The fraction of sp³-hybridized carbons (Fsp3) is 0.875. The predicted molar refractivity (Wildman–Crippen MR) is 80.4 cm³/mol. The minimum absolute atomic E-state index is 0.0923. The van der Waals surface area contributed by atoms with Crippen LogP contribution < -0.4 is 0 Å². The van der Waals surface area contributed by atoms with Crippen molar-refractivity contribution in [3.8, 4) is 0 Å². The highest BCUT2D eigenvalue weighted by atomic mass is 16.7. The lowest BCUT2D eigenvalue weighted by Crippen LogP contribution is -2.24. The Morgan fingerprint density at radius 3 is 2.00 bits per heavy atom. The van der Waals surface area contributed by atoms with Crippen molar-refractivity contribution in [2.75, 3.05) is 19.8 Å². The molecular formula is C16H32O3. The molecule has 0 aliphatic carbocycles. The van der Waals surface area contributed by atoms with Crippen LogP contribution in [0.4, 0.5) is 0 Å². The van der Waals surface area contributed by atoms with Crippen LogP contribution in [0.25, 0.3) is 0 Å². The average molecular weight is 272 g/mol. The van der Waals surface area contributed by atoms with E-state index in [9.17, 15) is 0 Å². The molecule has 0 N–H and O–H groups in total. The van der Waals surface area contributed by atoms with Crippen molar-refractivity contribution in [1.82, 2.24) is 0 Å². The smallest absolute Gasteiger partial charge is 0.160 e. The zero-order valence-electron chi connectivity index (χ0n) is 13.2. The summed E-state index contributed by atoms with van der Waals surface area (Å²) in [6.07, 6.45) is 10.0. The molecular weight excluding hydrogens is 240 g/mol. The Kier molecular flexibility index (Phi) is 13.8. The molecule has 114 valence electrons. The third-order valence-electron chi connectivity index (χ3n) is 2.84. The highest BCUT2D eigenvalue weighted by Gasteiger charge is 2.14. The van der Waals surface area contributed by atoms with Crippen LogP contribution in [0.2, 0.25) is 0 Å². The maximum atomic E-state index is 5.72. The quantitative estimate of drug-likeness (QED) is 0.284. The Morgan fingerprint density at radius 2 is 1.47 bits per heavy atom. The van der Waals surface area contributed by atoms with Crippen molar-refractivity contribution in [1.29, 1.82) is 0 Å². The molecule has 1 unspecified atom stereocenters. The molecule has 0 amide bonds. The van der Waals surface area contributed by atoms with Crippen LogP contribution in [0.1, 0.15) is 59.8 Å². The molecule has 0 spiro atoms. The molecule has 0 fully saturated rings. The topological polar surface area (TPSA) is 27.7 Å².